The van der Waals surface area contributed by atoms with E-state index in [1.165, 1.54) is 14.2 Å². The predicted octanol–water partition coefficient (Wildman–Crippen LogP) is 1.72. The highest BCUT2D eigenvalue weighted by molar-refractivity contribution is 6.02. The van der Waals surface area contributed by atoms with Gasteiger partial charge in [-0.1, -0.05) is 31.2 Å². The molecule has 94 valence electrons. The summed E-state index contributed by atoms with van der Waals surface area (Å²) in [4.78, 5) is 24.1. The molecule has 0 aromatic carbocycles. The second-order valence-electron chi connectivity index (χ2n) is 4.35. The molecule has 2 atom stereocenters. The maximum Gasteiger partial charge on any atom is 0.324 e. The molecular formula is C13H18O4. The monoisotopic (exact) mass is 238 g/mol. The fourth-order valence-corrected chi connectivity index (χ4v) is 2.46. The summed E-state index contributed by atoms with van der Waals surface area (Å²) in [5.41, 5.74) is -0.587. The van der Waals surface area contributed by atoms with E-state index < -0.39 is 17.4 Å². The molecule has 1 aliphatic carbocycles. The first kappa shape index (κ1) is 13.5. The smallest absolute Gasteiger partial charge is 0.324 e. The number of methoxy groups -OCH3 is 2. The standard InChI is InChI=1S/C13H18O4/c1-8(2)10-7-6-9(3)13(10,11(14)16-4)12(15)17-5/h6-7,9-10H,1H2,2-5H3. The van der Waals surface area contributed by atoms with Crippen LogP contribution in [0.3, 0.4) is 0 Å². The predicted molar refractivity (Wildman–Crippen MR) is 63.1 cm³/mol. The second kappa shape index (κ2) is 4.73. The fourth-order valence-electron chi connectivity index (χ4n) is 2.46. The Labute approximate surface area is 101 Å². The van der Waals surface area contributed by atoms with Gasteiger partial charge in [0.25, 0.3) is 0 Å². The molecule has 1 rings (SSSR count). The van der Waals surface area contributed by atoms with E-state index in [1.54, 1.807) is 13.8 Å². The molecule has 4 nitrogen and oxygen atoms in total. The molecule has 0 saturated heterocycles. The molecule has 0 aliphatic heterocycles. The van der Waals surface area contributed by atoms with E-state index in [4.69, 9.17) is 9.47 Å². The zero-order valence-electron chi connectivity index (χ0n) is 10.6. The van der Waals surface area contributed by atoms with Gasteiger partial charge in [-0.3, -0.25) is 9.59 Å². The average Bonchev–Trinajstić information content (AvgIpc) is 2.65. The van der Waals surface area contributed by atoms with Crippen molar-refractivity contribution in [3.05, 3.63) is 24.3 Å². The van der Waals surface area contributed by atoms with E-state index in [9.17, 15) is 9.59 Å². The Balaban J connectivity index is 3.34. The van der Waals surface area contributed by atoms with Crippen molar-refractivity contribution in [3.8, 4) is 0 Å². The maximum atomic E-state index is 12.1. The minimum Gasteiger partial charge on any atom is -0.468 e. The Morgan fingerprint density at radius 1 is 1.18 bits per heavy atom. The third kappa shape index (κ3) is 1.77. The van der Waals surface area contributed by atoms with Gasteiger partial charge >= 0.3 is 11.9 Å². The van der Waals surface area contributed by atoms with E-state index in [0.29, 0.717) is 0 Å². The molecule has 0 bridgehead atoms. The number of carbonyl (C=O) groups is 2. The van der Waals surface area contributed by atoms with Crippen LogP contribution in [-0.4, -0.2) is 26.2 Å². The number of esters is 2. The van der Waals surface area contributed by atoms with Crippen molar-refractivity contribution in [1.29, 1.82) is 0 Å². The molecule has 0 fully saturated rings. The fraction of sp³-hybridized carbons (Fsp3) is 0.538. The lowest BCUT2D eigenvalue weighted by Gasteiger charge is -2.33. The van der Waals surface area contributed by atoms with Crippen molar-refractivity contribution in [2.24, 2.45) is 17.3 Å². The largest absolute Gasteiger partial charge is 0.468 e. The first-order valence-corrected chi connectivity index (χ1v) is 5.43. The van der Waals surface area contributed by atoms with Crippen molar-refractivity contribution in [3.63, 3.8) is 0 Å². The number of hydrogen-bond acceptors (Lipinski definition) is 4. The van der Waals surface area contributed by atoms with Crippen LogP contribution in [0.25, 0.3) is 0 Å². The normalized spacial score (nSPS) is 25.4. The zero-order chi connectivity index (χ0) is 13.2. The van der Waals surface area contributed by atoms with Gasteiger partial charge in [0, 0.05) is 11.8 Å². The Morgan fingerprint density at radius 3 is 2.00 bits per heavy atom. The lowest BCUT2D eigenvalue weighted by Crippen LogP contribution is -2.48. The van der Waals surface area contributed by atoms with Gasteiger partial charge in [-0.05, 0) is 6.92 Å². The number of allylic oxidation sites excluding steroid dienone is 3. The molecular weight excluding hydrogens is 220 g/mol. The topological polar surface area (TPSA) is 52.6 Å². The number of ether oxygens (including phenoxy) is 2. The van der Waals surface area contributed by atoms with Crippen molar-refractivity contribution in [2.45, 2.75) is 13.8 Å². The third-order valence-corrected chi connectivity index (χ3v) is 3.38. The second-order valence-corrected chi connectivity index (χ2v) is 4.35. The Kier molecular flexibility index (Phi) is 3.76. The molecule has 0 amide bonds. The minimum atomic E-state index is -1.32. The van der Waals surface area contributed by atoms with Gasteiger partial charge in [0.2, 0.25) is 0 Å². The van der Waals surface area contributed by atoms with E-state index in [1.807, 2.05) is 12.2 Å². The molecule has 1 aliphatic rings. The molecule has 0 heterocycles. The Bertz CT molecular complexity index is 365. The van der Waals surface area contributed by atoms with Gasteiger partial charge in [0.05, 0.1) is 14.2 Å². The number of carbonyl (C=O) groups excluding carboxylic acids is 2. The van der Waals surface area contributed by atoms with Crippen molar-refractivity contribution in [1.82, 2.24) is 0 Å². The summed E-state index contributed by atoms with van der Waals surface area (Å²) in [6, 6.07) is 0. The SMILES string of the molecule is C=C(C)C1C=CC(C)C1(C(=O)OC)C(=O)OC. The summed E-state index contributed by atoms with van der Waals surface area (Å²) in [5.74, 6) is -1.80. The summed E-state index contributed by atoms with van der Waals surface area (Å²) in [6.07, 6.45) is 3.65. The lowest BCUT2D eigenvalue weighted by molar-refractivity contribution is -0.173. The highest BCUT2D eigenvalue weighted by Gasteiger charge is 2.59. The Morgan fingerprint density at radius 2 is 1.65 bits per heavy atom. The number of rotatable bonds is 3. The van der Waals surface area contributed by atoms with E-state index in [-0.39, 0.29) is 11.8 Å². The molecule has 0 radical (unpaired) electrons. The van der Waals surface area contributed by atoms with E-state index in [0.717, 1.165) is 5.57 Å². The molecule has 0 saturated carbocycles. The van der Waals surface area contributed by atoms with Gasteiger partial charge in [-0.15, -0.1) is 0 Å². The van der Waals surface area contributed by atoms with Crippen molar-refractivity contribution >= 4 is 11.9 Å². The molecule has 0 N–H and O–H groups in total. The Hall–Kier alpha value is -1.58. The van der Waals surface area contributed by atoms with Gasteiger partial charge in [-0.2, -0.15) is 0 Å². The lowest BCUT2D eigenvalue weighted by atomic mass is 9.69. The molecule has 2 unspecified atom stereocenters. The van der Waals surface area contributed by atoms with E-state index in [2.05, 4.69) is 6.58 Å². The summed E-state index contributed by atoms with van der Waals surface area (Å²) in [6.45, 7) is 7.42. The van der Waals surface area contributed by atoms with E-state index >= 15 is 0 Å². The van der Waals surface area contributed by atoms with Crippen LogP contribution >= 0.6 is 0 Å². The van der Waals surface area contributed by atoms with Crippen LogP contribution in [-0.2, 0) is 19.1 Å². The van der Waals surface area contributed by atoms with Crippen molar-refractivity contribution in [2.75, 3.05) is 14.2 Å². The molecule has 0 spiro atoms. The van der Waals surface area contributed by atoms with Crippen molar-refractivity contribution < 1.29 is 19.1 Å². The quantitative estimate of drug-likeness (QED) is 0.427. The van der Waals surface area contributed by atoms with Gasteiger partial charge in [0.1, 0.15) is 0 Å². The zero-order valence-corrected chi connectivity index (χ0v) is 10.6. The van der Waals surface area contributed by atoms with Crippen LogP contribution in [0.15, 0.2) is 24.3 Å². The van der Waals surface area contributed by atoms with Gasteiger partial charge in [-0.25, -0.2) is 0 Å². The molecule has 4 heteroatoms. The summed E-state index contributed by atoms with van der Waals surface area (Å²) < 4.78 is 9.58. The van der Waals surface area contributed by atoms with Crippen LogP contribution in [0.1, 0.15) is 13.8 Å². The van der Waals surface area contributed by atoms with Crippen LogP contribution < -0.4 is 0 Å². The minimum absolute atomic E-state index is 0.274. The molecule has 0 aromatic heterocycles. The summed E-state index contributed by atoms with van der Waals surface area (Å²) in [5, 5.41) is 0. The molecule has 17 heavy (non-hydrogen) atoms. The van der Waals surface area contributed by atoms with Gasteiger partial charge < -0.3 is 9.47 Å². The third-order valence-electron chi connectivity index (χ3n) is 3.38. The highest BCUT2D eigenvalue weighted by atomic mass is 16.5. The first-order valence-electron chi connectivity index (χ1n) is 5.43. The maximum absolute atomic E-state index is 12.1. The van der Waals surface area contributed by atoms with Crippen LogP contribution in [0, 0.1) is 17.3 Å². The highest BCUT2D eigenvalue weighted by Crippen LogP contribution is 2.47. The molecule has 0 aromatic rings. The first-order chi connectivity index (χ1) is 7.92. The number of hydrogen-bond donors (Lipinski definition) is 0. The van der Waals surface area contributed by atoms with Gasteiger partial charge in [0.15, 0.2) is 5.41 Å². The summed E-state index contributed by atoms with van der Waals surface area (Å²) >= 11 is 0. The van der Waals surface area contributed by atoms with Crippen LogP contribution in [0.4, 0.5) is 0 Å². The summed E-state index contributed by atoms with van der Waals surface area (Å²) in [7, 11) is 2.54. The average molecular weight is 238 g/mol. The van der Waals surface area contributed by atoms with Crippen LogP contribution in [0.5, 0.6) is 0 Å². The van der Waals surface area contributed by atoms with Crippen LogP contribution in [0.2, 0.25) is 0 Å².